The van der Waals surface area contributed by atoms with Crippen molar-refractivity contribution in [1.29, 1.82) is 0 Å². The molecule has 1 aliphatic heterocycles. The quantitative estimate of drug-likeness (QED) is 0.354. The summed E-state index contributed by atoms with van der Waals surface area (Å²) in [5.74, 6) is 0.574. The zero-order valence-electron chi connectivity index (χ0n) is 20.1. The largest absolute Gasteiger partial charge is 0.349 e. The molecule has 0 bridgehead atoms. The molecule has 1 aliphatic rings. The van der Waals surface area contributed by atoms with Gasteiger partial charge >= 0.3 is 0 Å². The minimum Gasteiger partial charge on any atom is -0.349 e. The van der Waals surface area contributed by atoms with E-state index in [4.69, 9.17) is 0 Å². The first-order chi connectivity index (χ1) is 17.2. The Bertz CT molecular complexity index is 1320. The van der Waals surface area contributed by atoms with Crippen LogP contribution in [-0.2, 0) is 19.4 Å². The number of benzene rings is 3. The Kier molecular flexibility index (Phi) is 7.00. The summed E-state index contributed by atoms with van der Waals surface area (Å²) in [5.41, 5.74) is 5.82. The standard InChI is InChI=1S/C29H31N5O/c1-2-21-12-14-24(15-13-21)31-27-25-10-5-6-11-26(25)32-28(33-27)29(35)30-17-7-18-34-19-16-22-8-3-4-9-23(22)20-34/h3-6,8-15H,2,7,16-20H2,1H3,(H,30,35)(H,31,32,33). The van der Waals surface area contributed by atoms with Crippen LogP contribution in [0.1, 0.15) is 40.7 Å². The van der Waals surface area contributed by atoms with Gasteiger partial charge < -0.3 is 10.6 Å². The van der Waals surface area contributed by atoms with E-state index < -0.39 is 0 Å². The van der Waals surface area contributed by atoms with Crippen molar-refractivity contribution in [2.24, 2.45) is 0 Å². The van der Waals surface area contributed by atoms with Gasteiger partial charge in [-0.25, -0.2) is 9.97 Å². The Hall–Kier alpha value is -3.77. The smallest absolute Gasteiger partial charge is 0.289 e. The molecular formula is C29H31N5O. The van der Waals surface area contributed by atoms with Crippen LogP contribution < -0.4 is 10.6 Å². The highest BCUT2D eigenvalue weighted by atomic mass is 16.2. The summed E-state index contributed by atoms with van der Waals surface area (Å²) in [6.07, 6.45) is 2.97. The lowest BCUT2D eigenvalue weighted by molar-refractivity contribution is 0.0941. The zero-order valence-corrected chi connectivity index (χ0v) is 20.1. The van der Waals surface area contributed by atoms with E-state index in [9.17, 15) is 4.79 Å². The van der Waals surface area contributed by atoms with E-state index in [2.05, 4.69) is 68.8 Å². The van der Waals surface area contributed by atoms with Gasteiger partial charge in [0.25, 0.3) is 5.91 Å². The fourth-order valence-corrected chi connectivity index (χ4v) is 4.56. The number of para-hydroxylation sites is 1. The van der Waals surface area contributed by atoms with Crippen molar-refractivity contribution in [1.82, 2.24) is 20.2 Å². The Balaban J connectivity index is 1.22. The second-order valence-corrected chi connectivity index (χ2v) is 8.99. The summed E-state index contributed by atoms with van der Waals surface area (Å²) in [4.78, 5) is 24.5. The molecule has 1 amide bonds. The summed E-state index contributed by atoms with van der Waals surface area (Å²) in [6.45, 7) is 5.72. The third-order valence-electron chi connectivity index (χ3n) is 6.58. The fourth-order valence-electron chi connectivity index (χ4n) is 4.56. The Labute approximate surface area is 206 Å². The lowest BCUT2D eigenvalue weighted by Crippen LogP contribution is -2.34. The highest BCUT2D eigenvalue weighted by Gasteiger charge is 2.16. The topological polar surface area (TPSA) is 70.2 Å². The van der Waals surface area contributed by atoms with Gasteiger partial charge in [0.2, 0.25) is 5.82 Å². The Morgan fingerprint density at radius 1 is 0.943 bits per heavy atom. The van der Waals surface area contributed by atoms with Crippen molar-refractivity contribution in [3.8, 4) is 0 Å². The molecule has 3 aromatic carbocycles. The first-order valence-electron chi connectivity index (χ1n) is 12.4. The van der Waals surface area contributed by atoms with Crippen LogP contribution in [0.15, 0.2) is 72.8 Å². The number of hydrogen-bond donors (Lipinski definition) is 2. The summed E-state index contributed by atoms with van der Waals surface area (Å²) in [7, 11) is 0. The molecule has 2 heterocycles. The number of aryl methyl sites for hydroxylation is 1. The number of amides is 1. The molecule has 2 N–H and O–H groups in total. The van der Waals surface area contributed by atoms with Gasteiger partial charge in [-0.1, -0.05) is 55.5 Å². The molecular weight excluding hydrogens is 434 g/mol. The van der Waals surface area contributed by atoms with E-state index in [0.29, 0.717) is 12.4 Å². The van der Waals surface area contributed by atoms with E-state index >= 15 is 0 Å². The van der Waals surface area contributed by atoms with Crippen LogP contribution in [0, 0.1) is 0 Å². The Morgan fingerprint density at radius 3 is 2.54 bits per heavy atom. The van der Waals surface area contributed by atoms with E-state index in [1.807, 2.05) is 36.4 Å². The molecule has 0 saturated heterocycles. The molecule has 0 aliphatic carbocycles. The van der Waals surface area contributed by atoms with Crippen LogP contribution >= 0.6 is 0 Å². The maximum Gasteiger partial charge on any atom is 0.289 e. The van der Waals surface area contributed by atoms with Crippen LogP contribution in [0.5, 0.6) is 0 Å². The fraction of sp³-hybridized carbons (Fsp3) is 0.276. The maximum atomic E-state index is 12.9. The number of anilines is 2. The summed E-state index contributed by atoms with van der Waals surface area (Å²) < 4.78 is 0. The minimum atomic E-state index is -0.246. The van der Waals surface area contributed by atoms with Crippen molar-refractivity contribution in [3.63, 3.8) is 0 Å². The van der Waals surface area contributed by atoms with Gasteiger partial charge in [-0.3, -0.25) is 9.69 Å². The van der Waals surface area contributed by atoms with Crippen LogP contribution in [0.4, 0.5) is 11.5 Å². The molecule has 0 spiro atoms. The van der Waals surface area contributed by atoms with E-state index in [1.165, 1.54) is 16.7 Å². The third kappa shape index (κ3) is 5.49. The number of nitrogens with zero attached hydrogens (tertiary/aromatic N) is 3. The lowest BCUT2D eigenvalue weighted by atomic mass is 10.00. The van der Waals surface area contributed by atoms with E-state index in [0.717, 1.165) is 55.5 Å². The molecule has 6 heteroatoms. The lowest BCUT2D eigenvalue weighted by Gasteiger charge is -2.28. The summed E-state index contributed by atoms with van der Waals surface area (Å²) >= 11 is 0. The number of carbonyl (C=O) groups excluding carboxylic acids is 1. The van der Waals surface area contributed by atoms with Gasteiger partial charge in [-0.05, 0) is 60.2 Å². The average molecular weight is 466 g/mol. The van der Waals surface area contributed by atoms with Crippen LogP contribution in [0.2, 0.25) is 0 Å². The molecule has 4 aromatic rings. The van der Waals surface area contributed by atoms with Gasteiger partial charge in [-0.2, -0.15) is 0 Å². The molecule has 5 rings (SSSR count). The summed E-state index contributed by atoms with van der Waals surface area (Å²) in [6, 6.07) is 24.7. The molecule has 0 unspecified atom stereocenters. The first kappa shape index (κ1) is 23.0. The molecule has 0 atom stereocenters. The number of hydrogen-bond acceptors (Lipinski definition) is 5. The first-order valence-corrected chi connectivity index (χ1v) is 12.4. The van der Waals surface area contributed by atoms with Crippen LogP contribution in [0.25, 0.3) is 10.9 Å². The number of carbonyl (C=O) groups is 1. The van der Waals surface area contributed by atoms with Crippen LogP contribution in [-0.4, -0.2) is 40.4 Å². The van der Waals surface area contributed by atoms with Gasteiger partial charge in [0, 0.05) is 37.3 Å². The second kappa shape index (κ2) is 10.7. The molecule has 0 saturated carbocycles. The Morgan fingerprint density at radius 2 is 1.71 bits per heavy atom. The van der Waals surface area contributed by atoms with Gasteiger partial charge in [0.15, 0.2) is 0 Å². The molecule has 1 aromatic heterocycles. The predicted molar refractivity (Wildman–Crippen MR) is 141 cm³/mol. The molecule has 0 radical (unpaired) electrons. The SMILES string of the molecule is CCc1ccc(Nc2nc(C(=O)NCCCN3CCc4ccccc4C3)nc3ccccc23)cc1. The molecule has 6 nitrogen and oxygen atoms in total. The van der Waals surface area contributed by atoms with Crippen molar-refractivity contribution >= 4 is 28.3 Å². The summed E-state index contributed by atoms with van der Waals surface area (Å²) in [5, 5.41) is 7.27. The normalized spacial score (nSPS) is 13.4. The van der Waals surface area contributed by atoms with Crippen LogP contribution in [0.3, 0.4) is 0 Å². The minimum absolute atomic E-state index is 0.184. The van der Waals surface area contributed by atoms with Crippen molar-refractivity contribution in [2.75, 3.05) is 25.0 Å². The van der Waals surface area contributed by atoms with E-state index in [1.54, 1.807) is 0 Å². The van der Waals surface area contributed by atoms with Gasteiger partial charge in [0.05, 0.1) is 5.52 Å². The molecule has 178 valence electrons. The number of fused-ring (bicyclic) bond motifs is 2. The van der Waals surface area contributed by atoms with Crippen molar-refractivity contribution in [3.05, 3.63) is 95.3 Å². The highest BCUT2D eigenvalue weighted by Crippen LogP contribution is 2.24. The molecule has 35 heavy (non-hydrogen) atoms. The van der Waals surface area contributed by atoms with Gasteiger partial charge in [-0.15, -0.1) is 0 Å². The monoisotopic (exact) mass is 465 g/mol. The zero-order chi connectivity index (χ0) is 24.0. The number of aromatic nitrogens is 2. The average Bonchev–Trinajstić information content (AvgIpc) is 2.91. The highest BCUT2D eigenvalue weighted by molar-refractivity contribution is 5.97. The maximum absolute atomic E-state index is 12.9. The van der Waals surface area contributed by atoms with Crippen molar-refractivity contribution in [2.45, 2.75) is 32.7 Å². The predicted octanol–water partition coefficient (Wildman–Crippen LogP) is 5.11. The van der Waals surface area contributed by atoms with Crippen molar-refractivity contribution < 1.29 is 4.79 Å². The second-order valence-electron chi connectivity index (χ2n) is 8.99. The third-order valence-corrected chi connectivity index (χ3v) is 6.58. The van der Waals surface area contributed by atoms with Gasteiger partial charge in [0.1, 0.15) is 5.82 Å². The number of rotatable bonds is 8. The number of nitrogens with one attached hydrogen (secondary N) is 2. The van der Waals surface area contributed by atoms with E-state index in [-0.39, 0.29) is 11.7 Å². The molecule has 0 fully saturated rings.